The Morgan fingerprint density at radius 3 is 2.64 bits per heavy atom. The molecule has 0 saturated heterocycles. The predicted molar refractivity (Wildman–Crippen MR) is 103 cm³/mol. The summed E-state index contributed by atoms with van der Waals surface area (Å²) in [6.45, 7) is 2.80. The van der Waals surface area contributed by atoms with Gasteiger partial charge in [-0.2, -0.15) is 4.98 Å². The maximum Gasteiger partial charge on any atom is 0.227 e. The van der Waals surface area contributed by atoms with Gasteiger partial charge in [-0.25, -0.2) is 4.98 Å². The SMILES string of the molecule is Cc1ccc(Nc2ccnc(N(C)CCc3ccncc3)n2)cc1Cl. The van der Waals surface area contributed by atoms with Crippen molar-refractivity contribution in [2.75, 3.05) is 23.8 Å². The highest BCUT2D eigenvalue weighted by Gasteiger charge is 2.07. The summed E-state index contributed by atoms with van der Waals surface area (Å²) >= 11 is 6.18. The van der Waals surface area contributed by atoms with E-state index in [9.17, 15) is 0 Å². The summed E-state index contributed by atoms with van der Waals surface area (Å²) < 4.78 is 0. The first-order valence-electron chi connectivity index (χ1n) is 8.08. The van der Waals surface area contributed by atoms with E-state index in [2.05, 4.69) is 20.3 Å². The summed E-state index contributed by atoms with van der Waals surface area (Å²) in [5, 5.41) is 4.00. The third-order valence-electron chi connectivity index (χ3n) is 3.91. The van der Waals surface area contributed by atoms with Gasteiger partial charge in [-0.3, -0.25) is 4.98 Å². The van der Waals surface area contributed by atoms with Crippen LogP contribution in [0.15, 0.2) is 55.0 Å². The number of anilines is 3. The summed E-state index contributed by atoms with van der Waals surface area (Å²) in [4.78, 5) is 15.0. The molecule has 3 rings (SSSR count). The van der Waals surface area contributed by atoms with Crippen molar-refractivity contribution in [2.45, 2.75) is 13.3 Å². The van der Waals surface area contributed by atoms with Gasteiger partial charge in [-0.05, 0) is 54.8 Å². The van der Waals surface area contributed by atoms with Crippen LogP contribution in [-0.4, -0.2) is 28.5 Å². The van der Waals surface area contributed by atoms with Crippen LogP contribution in [0, 0.1) is 6.92 Å². The molecule has 0 aliphatic heterocycles. The molecule has 3 aromatic rings. The lowest BCUT2D eigenvalue weighted by Crippen LogP contribution is -2.22. The second kappa shape index (κ2) is 7.94. The van der Waals surface area contributed by atoms with Gasteiger partial charge in [0, 0.05) is 42.9 Å². The Bertz CT molecular complexity index is 838. The number of nitrogens with one attached hydrogen (secondary N) is 1. The molecule has 0 atom stereocenters. The van der Waals surface area contributed by atoms with Gasteiger partial charge in [0.2, 0.25) is 5.95 Å². The number of nitrogens with zero attached hydrogens (tertiary/aromatic N) is 4. The minimum absolute atomic E-state index is 0.678. The van der Waals surface area contributed by atoms with Crippen molar-refractivity contribution in [2.24, 2.45) is 0 Å². The second-order valence-corrected chi connectivity index (χ2v) is 6.27. The number of aryl methyl sites for hydroxylation is 1. The van der Waals surface area contributed by atoms with Gasteiger partial charge in [0.05, 0.1) is 0 Å². The quantitative estimate of drug-likeness (QED) is 0.717. The molecule has 6 heteroatoms. The zero-order valence-corrected chi connectivity index (χ0v) is 15.0. The van der Waals surface area contributed by atoms with E-state index in [1.165, 1.54) is 5.56 Å². The third-order valence-corrected chi connectivity index (χ3v) is 4.32. The van der Waals surface area contributed by atoms with Crippen LogP contribution in [-0.2, 0) is 6.42 Å². The highest BCUT2D eigenvalue weighted by molar-refractivity contribution is 6.31. The van der Waals surface area contributed by atoms with E-state index in [1.54, 1.807) is 6.20 Å². The monoisotopic (exact) mass is 353 g/mol. The Hall–Kier alpha value is -2.66. The number of benzene rings is 1. The maximum atomic E-state index is 6.18. The number of halogens is 1. The van der Waals surface area contributed by atoms with Gasteiger partial charge >= 0.3 is 0 Å². The lowest BCUT2D eigenvalue weighted by molar-refractivity contribution is 0.837. The van der Waals surface area contributed by atoms with Crippen LogP contribution in [0.4, 0.5) is 17.5 Å². The minimum Gasteiger partial charge on any atom is -0.343 e. The molecule has 1 aromatic carbocycles. The summed E-state index contributed by atoms with van der Waals surface area (Å²) in [5.74, 6) is 1.41. The Labute approximate surface area is 152 Å². The molecule has 5 nitrogen and oxygen atoms in total. The molecule has 0 aliphatic rings. The fraction of sp³-hybridized carbons (Fsp3) is 0.211. The number of rotatable bonds is 6. The molecule has 0 aliphatic carbocycles. The van der Waals surface area contributed by atoms with Crippen molar-refractivity contribution in [3.63, 3.8) is 0 Å². The number of hydrogen-bond donors (Lipinski definition) is 1. The molecule has 0 saturated carbocycles. The first-order valence-corrected chi connectivity index (χ1v) is 8.46. The fourth-order valence-electron chi connectivity index (χ4n) is 2.37. The number of pyridine rings is 1. The zero-order valence-electron chi connectivity index (χ0n) is 14.3. The van der Waals surface area contributed by atoms with E-state index in [0.717, 1.165) is 35.1 Å². The van der Waals surface area contributed by atoms with Crippen LogP contribution >= 0.6 is 11.6 Å². The number of likely N-dealkylation sites (N-methyl/N-ethyl adjacent to an activating group) is 1. The Morgan fingerprint density at radius 1 is 1.08 bits per heavy atom. The van der Waals surface area contributed by atoms with Crippen molar-refractivity contribution >= 4 is 29.1 Å². The van der Waals surface area contributed by atoms with Crippen LogP contribution in [0.3, 0.4) is 0 Å². The molecular formula is C19H20ClN5. The van der Waals surface area contributed by atoms with Gasteiger partial charge < -0.3 is 10.2 Å². The van der Waals surface area contributed by atoms with E-state index in [-0.39, 0.29) is 0 Å². The average molecular weight is 354 g/mol. The van der Waals surface area contributed by atoms with Gasteiger partial charge in [0.1, 0.15) is 5.82 Å². The molecule has 1 N–H and O–H groups in total. The third kappa shape index (κ3) is 4.67. The summed E-state index contributed by atoms with van der Waals surface area (Å²) in [5.41, 5.74) is 3.19. The highest BCUT2D eigenvalue weighted by atomic mass is 35.5. The van der Waals surface area contributed by atoms with Gasteiger partial charge in [-0.1, -0.05) is 17.7 Å². The van der Waals surface area contributed by atoms with Crippen molar-refractivity contribution in [3.8, 4) is 0 Å². The van der Waals surface area contributed by atoms with Gasteiger partial charge in [0.15, 0.2) is 0 Å². The fourth-order valence-corrected chi connectivity index (χ4v) is 2.55. The van der Waals surface area contributed by atoms with Crippen LogP contribution in [0.5, 0.6) is 0 Å². The molecule has 0 fully saturated rings. The van der Waals surface area contributed by atoms with Crippen molar-refractivity contribution < 1.29 is 0 Å². The summed E-state index contributed by atoms with van der Waals surface area (Å²) in [6, 6.07) is 11.7. The van der Waals surface area contributed by atoms with E-state index < -0.39 is 0 Å². The zero-order chi connectivity index (χ0) is 17.6. The van der Waals surface area contributed by atoms with Crippen LogP contribution < -0.4 is 10.2 Å². The lowest BCUT2D eigenvalue weighted by atomic mass is 10.2. The van der Waals surface area contributed by atoms with Gasteiger partial charge in [-0.15, -0.1) is 0 Å². The molecule has 0 spiro atoms. The molecule has 0 unspecified atom stereocenters. The number of aromatic nitrogens is 3. The molecule has 0 amide bonds. The Kier molecular flexibility index (Phi) is 5.46. The molecule has 128 valence electrons. The standard InChI is InChI=1S/C19H20ClN5/c1-14-3-4-16(13-17(14)20)23-18-7-11-22-19(24-18)25(2)12-8-15-5-9-21-10-6-15/h3-7,9-11,13H,8,12H2,1-2H3,(H,22,23,24). The molecule has 2 aromatic heterocycles. The highest BCUT2D eigenvalue weighted by Crippen LogP contribution is 2.23. The predicted octanol–water partition coefficient (Wildman–Crippen LogP) is 4.26. The molecule has 0 radical (unpaired) electrons. The smallest absolute Gasteiger partial charge is 0.227 e. The Morgan fingerprint density at radius 2 is 1.88 bits per heavy atom. The maximum absolute atomic E-state index is 6.18. The number of hydrogen-bond acceptors (Lipinski definition) is 5. The normalized spacial score (nSPS) is 10.5. The summed E-state index contributed by atoms with van der Waals surface area (Å²) in [7, 11) is 1.99. The first kappa shape index (κ1) is 17.2. The largest absolute Gasteiger partial charge is 0.343 e. The van der Waals surface area contributed by atoms with E-state index >= 15 is 0 Å². The minimum atomic E-state index is 0.678. The topological polar surface area (TPSA) is 53.9 Å². The van der Waals surface area contributed by atoms with Crippen molar-refractivity contribution in [1.29, 1.82) is 0 Å². The molecule has 2 heterocycles. The van der Waals surface area contributed by atoms with Crippen molar-refractivity contribution in [1.82, 2.24) is 15.0 Å². The second-order valence-electron chi connectivity index (χ2n) is 5.86. The van der Waals surface area contributed by atoms with Gasteiger partial charge in [0.25, 0.3) is 0 Å². The van der Waals surface area contributed by atoms with Crippen LogP contribution in [0.2, 0.25) is 5.02 Å². The average Bonchev–Trinajstić information content (AvgIpc) is 2.64. The lowest BCUT2D eigenvalue weighted by Gasteiger charge is -2.17. The van der Waals surface area contributed by atoms with Crippen LogP contribution in [0.25, 0.3) is 0 Å². The van der Waals surface area contributed by atoms with E-state index in [4.69, 9.17) is 11.6 Å². The Balaban J connectivity index is 1.66. The van der Waals surface area contributed by atoms with Crippen molar-refractivity contribution in [3.05, 3.63) is 71.1 Å². The molecular weight excluding hydrogens is 334 g/mol. The van der Waals surface area contributed by atoms with E-state index in [0.29, 0.717) is 5.95 Å². The molecule has 0 bridgehead atoms. The first-order chi connectivity index (χ1) is 12.1. The summed E-state index contributed by atoms with van der Waals surface area (Å²) in [6.07, 6.45) is 6.28. The van der Waals surface area contributed by atoms with E-state index in [1.807, 2.05) is 67.7 Å². The van der Waals surface area contributed by atoms with Crippen LogP contribution in [0.1, 0.15) is 11.1 Å². The molecule has 25 heavy (non-hydrogen) atoms.